The number of nitrogens with zero attached hydrogens (tertiary/aromatic N) is 4. The van der Waals surface area contributed by atoms with Crippen molar-refractivity contribution in [2.24, 2.45) is 0 Å². The van der Waals surface area contributed by atoms with E-state index in [9.17, 15) is 0 Å². The lowest BCUT2D eigenvalue weighted by atomic mass is 10.1. The first-order chi connectivity index (χ1) is 8.13. The summed E-state index contributed by atoms with van der Waals surface area (Å²) >= 11 is 3.49. The lowest BCUT2D eigenvalue weighted by Gasteiger charge is -2.29. The summed E-state index contributed by atoms with van der Waals surface area (Å²) in [4.78, 5) is 6.78. The van der Waals surface area contributed by atoms with Crippen LogP contribution < -0.4 is 4.90 Å². The topological polar surface area (TPSA) is 41.9 Å². The fourth-order valence-corrected chi connectivity index (χ4v) is 2.22. The molecule has 0 aliphatic carbocycles. The highest BCUT2D eigenvalue weighted by Gasteiger charge is 2.18. The fourth-order valence-electron chi connectivity index (χ4n) is 1.83. The molecule has 1 heterocycles. The molecule has 0 aromatic carbocycles. The molecule has 5 heteroatoms. The van der Waals surface area contributed by atoms with Crippen LogP contribution in [0.4, 0.5) is 5.95 Å². The third-order valence-corrected chi connectivity index (χ3v) is 3.40. The van der Waals surface area contributed by atoms with Crippen molar-refractivity contribution in [3.05, 3.63) is 11.4 Å². The first-order valence-corrected chi connectivity index (χ1v) is 7.26. The molecule has 17 heavy (non-hydrogen) atoms. The molecule has 1 aromatic heterocycles. The SMILES string of the molecule is CCC(CC)N(CCBr)c1nnc(C)c(C)n1. The third kappa shape index (κ3) is 3.63. The number of hydrogen-bond acceptors (Lipinski definition) is 4. The van der Waals surface area contributed by atoms with Gasteiger partial charge in [-0.15, -0.1) is 5.10 Å². The Labute approximate surface area is 112 Å². The Bertz CT molecular complexity index is 352. The largest absolute Gasteiger partial charge is 0.336 e. The van der Waals surface area contributed by atoms with Gasteiger partial charge in [-0.1, -0.05) is 29.8 Å². The van der Waals surface area contributed by atoms with E-state index < -0.39 is 0 Å². The van der Waals surface area contributed by atoms with Crippen molar-refractivity contribution < 1.29 is 0 Å². The molecule has 0 aliphatic heterocycles. The molecule has 0 unspecified atom stereocenters. The molecule has 0 aliphatic rings. The molecule has 0 radical (unpaired) electrons. The highest BCUT2D eigenvalue weighted by molar-refractivity contribution is 9.09. The Kier molecular flexibility index (Phi) is 5.82. The van der Waals surface area contributed by atoms with Crippen molar-refractivity contribution in [3.63, 3.8) is 0 Å². The van der Waals surface area contributed by atoms with Gasteiger partial charge in [-0.25, -0.2) is 4.98 Å². The van der Waals surface area contributed by atoms with E-state index in [1.165, 1.54) is 0 Å². The van der Waals surface area contributed by atoms with Crippen molar-refractivity contribution in [1.82, 2.24) is 15.2 Å². The van der Waals surface area contributed by atoms with Gasteiger partial charge in [0, 0.05) is 17.9 Å². The van der Waals surface area contributed by atoms with Crippen LogP contribution in [0.5, 0.6) is 0 Å². The molecule has 0 atom stereocenters. The summed E-state index contributed by atoms with van der Waals surface area (Å²) < 4.78 is 0. The number of anilines is 1. The molecule has 4 nitrogen and oxygen atoms in total. The van der Waals surface area contributed by atoms with Gasteiger partial charge in [-0.3, -0.25) is 0 Å². The maximum atomic E-state index is 4.54. The number of hydrogen-bond donors (Lipinski definition) is 0. The molecule has 0 bridgehead atoms. The predicted octanol–water partition coefficient (Wildman–Crippen LogP) is 2.88. The summed E-state index contributed by atoms with van der Waals surface area (Å²) in [5.74, 6) is 0.751. The molecular formula is C12H21BrN4. The van der Waals surface area contributed by atoms with E-state index in [0.717, 1.165) is 42.1 Å². The summed E-state index contributed by atoms with van der Waals surface area (Å²) in [5, 5.41) is 9.30. The maximum Gasteiger partial charge on any atom is 0.245 e. The van der Waals surface area contributed by atoms with Crippen LogP contribution >= 0.6 is 15.9 Å². The van der Waals surface area contributed by atoms with Gasteiger partial charge < -0.3 is 4.90 Å². The molecule has 96 valence electrons. The normalized spacial score (nSPS) is 10.9. The number of aromatic nitrogens is 3. The molecule has 0 spiro atoms. The van der Waals surface area contributed by atoms with Gasteiger partial charge in [0.05, 0.1) is 11.4 Å². The highest BCUT2D eigenvalue weighted by Crippen LogP contribution is 2.16. The average Bonchev–Trinajstić information content (AvgIpc) is 2.33. The first-order valence-electron chi connectivity index (χ1n) is 6.14. The zero-order chi connectivity index (χ0) is 12.8. The Balaban J connectivity index is 2.99. The zero-order valence-electron chi connectivity index (χ0n) is 11.1. The smallest absolute Gasteiger partial charge is 0.245 e. The van der Waals surface area contributed by atoms with Gasteiger partial charge >= 0.3 is 0 Å². The van der Waals surface area contributed by atoms with Crippen LogP contribution in [-0.2, 0) is 0 Å². The molecule has 1 rings (SSSR count). The summed E-state index contributed by atoms with van der Waals surface area (Å²) in [6.45, 7) is 9.22. The molecule has 0 fully saturated rings. The number of aryl methyl sites for hydroxylation is 2. The predicted molar refractivity (Wildman–Crippen MR) is 74.8 cm³/mol. The van der Waals surface area contributed by atoms with E-state index in [2.05, 4.69) is 49.9 Å². The van der Waals surface area contributed by atoms with E-state index in [0.29, 0.717) is 6.04 Å². The van der Waals surface area contributed by atoms with Crippen molar-refractivity contribution in [1.29, 1.82) is 0 Å². The monoisotopic (exact) mass is 300 g/mol. The molecule has 0 saturated heterocycles. The van der Waals surface area contributed by atoms with Gasteiger partial charge in [0.2, 0.25) is 5.95 Å². The Hall–Kier alpha value is -0.710. The van der Waals surface area contributed by atoms with Gasteiger partial charge in [-0.05, 0) is 26.7 Å². The molecule has 0 N–H and O–H groups in total. The van der Waals surface area contributed by atoms with Crippen LogP contribution in [-0.4, -0.2) is 33.1 Å². The van der Waals surface area contributed by atoms with E-state index in [-0.39, 0.29) is 0 Å². The lowest BCUT2D eigenvalue weighted by Crippen LogP contribution is -2.37. The zero-order valence-corrected chi connectivity index (χ0v) is 12.7. The minimum Gasteiger partial charge on any atom is -0.336 e. The van der Waals surface area contributed by atoms with Crippen LogP contribution in [0.15, 0.2) is 0 Å². The van der Waals surface area contributed by atoms with Crippen molar-refractivity contribution in [2.45, 2.75) is 46.6 Å². The number of alkyl halides is 1. The second-order valence-corrected chi connectivity index (χ2v) is 4.93. The molecule has 0 amide bonds. The van der Waals surface area contributed by atoms with E-state index in [4.69, 9.17) is 0 Å². The summed E-state index contributed by atoms with van der Waals surface area (Å²) in [6.07, 6.45) is 2.19. The molecule has 0 saturated carbocycles. The van der Waals surface area contributed by atoms with E-state index in [1.54, 1.807) is 0 Å². The minimum atomic E-state index is 0.483. The van der Waals surface area contributed by atoms with Gasteiger partial charge in [-0.2, -0.15) is 5.10 Å². The van der Waals surface area contributed by atoms with Crippen LogP contribution in [0.25, 0.3) is 0 Å². The summed E-state index contributed by atoms with van der Waals surface area (Å²) in [7, 11) is 0. The number of halogens is 1. The quantitative estimate of drug-likeness (QED) is 0.758. The summed E-state index contributed by atoms with van der Waals surface area (Å²) in [5.41, 5.74) is 1.86. The molecular weight excluding hydrogens is 280 g/mol. The van der Waals surface area contributed by atoms with E-state index >= 15 is 0 Å². The number of rotatable bonds is 6. The second-order valence-electron chi connectivity index (χ2n) is 4.14. The fraction of sp³-hybridized carbons (Fsp3) is 0.750. The average molecular weight is 301 g/mol. The Morgan fingerprint density at radius 3 is 2.24 bits per heavy atom. The Morgan fingerprint density at radius 2 is 1.76 bits per heavy atom. The van der Waals surface area contributed by atoms with Crippen LogP contribution in [0.2, 0.25) is 0 Å². The van der Waals surface area contributed by atoms with Gasteiger partial charge in [0.1, 0.15) is 0 Å². The minimum absolute atomic E-state index is 0.483. The standard InChI is InChI=1S/C12H21BrN4/c1-5-11(6-2)17(8-7-13)12-14-9(3)10(4)15-16-12/h11H,5-8H2,1-4H3. The second kappa shape index (κ2) is 6.89. The van der Waals surface area contributed by atoms with Gasteiger partial charge in [0.25, 0.3) is 0 Å². The highest BCUT2D eigenvalue weighted by atomic mass is 79.9. The van der Waals surface area contributed by atoms with Crippen LogP contribution in [0.1, 0.15) is 38.1 Å². The summed E-state index contributed by atoms with van der Waals surface area (Å²) in [6, 6.07) is 0.483. The van der Waals surface area contributed by atoms with Crippen LogP contribution in [0, 0.1) is 13.8 Å². The Morgan fingerprint density at radius 1 is 1.12 bits per heavy atom. The molecule has 1 aromatic rings. The van der Waals surface area contributed by atoms with Gasteiger partial charge in [0.15, 0.2) is 0 Å². The first kappa shape index (κ1) is 14.4. The van der Waals surface area contributed by atoms with Crippen LogP contribution in [0.3, 0.4) is 0 Å². The third-order valence-electron chi connectivity index (χ3n) is 3.05. The van der Waals surface area contributed by atoms with Crippen molar-refractivity contribution in [3.8, 4) is 0 Å². The van der Waals surface area contributed by atoms with Crippen molar-refractivity contribution >= 4 is 21.9 Å². The van der Waals surface area contributed by atoms with Crippen molar-refractivity contribution in [2.75, 3.05) is 16.8 Å². The van der Waals surface area contributed by atoms with E-state index in [1.807, 2.05) is 13.8 Å². The maximum absolute atomic E-state index is 4.54. The lowest BCUT2D eigenvalue weighted by molar-refractivity contribution is 0.553.